The molecule has 0 aromatic heterocycles. The average molecular weight is 410 g/mol. The normalized spacial score (nSPS) is 15.9. The van der Waals surface area contributed by atoms with Crippen LogP contribution in [0.15, 0.2) is 66.7 Å². The molecule has 0 unspecified atom stereocenters. The molecule has 1 N–H and O–H groups in total. The van der Waals surface area contributed by atoms with Crippen LogP contribution in [-0.4, -0.2) is 23.3 Å². The molecule has 1 atom stereocenters. The Labute approximate surface area is 170 Å². The highest BCUT2D eigenvalue weighted by Gasteiger charge is 2.33. The monoisotopic (exact) mass is 410 g/mol. The van der Waals surface area contributed by atoms with Crippen LogP contribution in [-0.2, 0) is 16.0 Å². The van der Waals surface area contributed by atoms with Crippen molar-refractivity contribution in [2.75, 3.05) is 11.9 Å². The fourth-order valence-electron chi connectivity index (χ4n) is 3.59. The second kappa shape index (κ2) is 8.02. The average Bonchev–Trinajstić information content (AvgIpc) is 2.86. The van der Waals surface area contributed by atoms with Crippen molar-refractivity contribution in [1.82, 2.24) is 4.90 Å². The predicted molar refractivity (Wildman–Crippen MR) is 105 cm³/mol. The first-order valence-corrected chi connectivity index (χ1v) is 9.29. The molecule has 3 aromatic carbocycles. The minimum Gasteiger partial charge on any atom is -0.324 e. The van der Waals surface area contributed by atoms with Crippen molar-refractivity contribution in [1.29, 1.82) is 0 Å². The van der Waals surface area contributed by atoms with Crippen LogP contribution in [0.4, 0.5) is 18.9 Å². The van der Waals surface area contributed by atoms with E-state index in [-0.39, 0.29) is 13.0 Å². The summed E-state index contributed by atoms with van der Waals surface area (Å²) in [5, 5.41) is 2.69. The summed E-state index contributed by atoms with van der Waals surface area (Å²) in [4.78, 5) is 27.0. The summed E-state index contributed by atoms with van der Waals surface area (Å²) in [7, 11) is 0. The third-order valence-corrected chi connectivity index (χ3v) is 4.98. The summed E-state index contributed by atoms with van der Waals surface area (Å²) in [5.41, 5.74) is 1.88. The van der Waals surface area contributed by atoms with E-state index in [1.165, 1.54) is 71.6 Å². The van der Waals surface area contributed by atoms with Crippen molar-refractivity contribution in [3.63, 3.8) is 0 Å². The number of carbonyl (C=O) groups excluding carboxylic acids is 2. The van der Waals surface area contributed by atoms with Crippen LogP contribution in [0.3, 0.4) is 0 Å². The number of hydrogen-bond acceptors (Lipinski definition) is 2. The molecule has 0 saturated heterocycles. The molecule has 0 saturated carbocycles. The van der Waals surface area contributed by atoms with Crippen LogP contribution in [0.1, 0.15) is 22.7 Å². The first-order valence-electron chi connectivity index (χ1n) is 9.29. The smallest absolute Gasteiger partial charge is 0.244 e. The molecular weight excluding hydrogens is 393 g/mol. The molecule has 7 heteroatoms. The molecule has 30 heavy (non-hydrogen) atoms. The molecule has 0 bridgehead atoms. The first kappa shape index (κ1) is 19.7. The number of halogens is 3. The molecule has 2 amide bonds. The van der Waals surface area contributed by atoms with Crippen molar-refractivity contribution in [2.45, 2.75) is 12.5 Å². The molecular formula is C23H17F3N2O2. The van der Waals surface area contributed by atoms with Gasteiger partial charge in [0.2, 0.25) is 11.8 Å². The van der Waals surface area contributed by atoms with E-state index in [1.807, 2.05) is 0 Å². The quantitative estimate of drug-likeness (QED) is 0.703. The van der Waals surface area contributed by atoms with Crippen molar-refractivity contribution in [3.8, 4) is 0 Å². The lowest BCUT2D eigenvalue weighted by Crippen LogP contribution is -2.39. The Hall–Kier alpha value is -3.61. The van der Waals surface area contributed by atoms with Gasteiger partial charge in [-0.2, -0.15) is 0 Å². The van der Waals surface area contributed by atoms with Gasteiger partial charge in [-0.25, -0.2) is 13.2 Å². The highest BCUT2D eigenvalue weighted by Crippen LogP contribution is 2.36. The van der Waals surface area contributed by atoms with Crippen LogP contribution in [0.5, 0.6) is 0 Å². The SMILES string of the molecule is O=C1CN(C(=O)Cc2ccc(F)cc2)[C@H](c2ccc(F)cc2)c2cc(F)ccc2N1. The molecule has 4 nitrogen and oxygen atoms in total. The van der Waals surface area contributed by atoms with E-state index in [0.717, 1.165) is 0 Å². The third kappa shape index (κ3) is 4.05. The van der Waals surface area contributed by atoms with E-state index in [2.05, 4.69) is 5.32 Å². The zero-order chi connectivity index (χ0) is 21.3. The molecule has 0 spiro atoms. The van der Waals surface area contributed by atoms with Gasteiger partial charge < -0.3 is 10.2 Å². The molecule has 0 radical (unpaired) electrons. The van der Waals surface area contributed by atoms with Gasteiger partial charge in [0.1, 0.15) is 24.0 Å². The highest BCUT2D eigenvalue weighted by molar-refractivity contribution is 5.97. The van der Waals surface area contributed by atoms with E-state index in [4.69, 9.17) is 0 Å². The maximum absolute atomic E-state index is 14.1. The molecule has 3 aromatic rings. The van der Waals surface area contributed by atoms with Gasteiger partial charge in [-0.3, -0.25) is 9.59 Å². The third-order valence-electron chi connectivity index (χ3n) is 4.98. The van der Waals surface area contributed by atoms with E-state index in [9.17, 15) is 22.8 Å². The Bertz CT molecular complexity index is 1100. The van der Waals surface area contributed by atoms with Crippen LogP contribution in [0.25, 0.3) is 0 Å². The van der Waals surface area contributed by atoms with Gasteiger partial charge in [-0.1, -0.05) is 24.3 Å². The lowest BCUT2D eigenvalue weighted by Gasteiger charge is -2.30. The number of hydrogen-bond donors (Lipinski definition) is 1. The molecule has 1 aliphatic heterocycles. The zero-order valence-corrected chi connectivity index (χ0v) is 15.7. The van der Waals surface area contributed by atoms with Gasteiger partial charge in [0.05, 0.1) is 12.5 Å². The topological polar surface area (TPSA) is 49.4 Å². The van der Waals surface area contributed by atoms with E-state index < -0.39 is 35.3 Å². The summed E-state index contributed by atoms with van der Waals surface area (Å²) in [5.74, 6) is -2.23. The van der Waals surface area contributed by atoms with Gasteiger partial charge in [0.25, 0.3) is 0 Å². The molecule has 1 heterocycles. The van der Waals surface area contributed by atoms with E-state index in [0.29, 0.717) is 22.4 Å². The Morgan fingerprint density at radius 2 is 1.50 bits per heavy atom. The summed E-state index contributed by atoms with van der Waals surface area (Å²) >= 11 is 0. The lowest BCUT2D eigenvalue weighted by atomic mass is 9.95. The summed E-state index contributed by atoms with van der Waals surface area (Å²) < 4.78 is 40.8. The van der Waals surface area contributed by atoms with Gasteiger partial charge in [-0.15, -0.1) is 0 Å². The van der Waals surface area contributed by atoms with Crippen LogP contribution in [0, 0.1) is 17.5 Å². The summed E-state index contributed by atoms with van der Waals surface area (Å²) in [6.45, 7) is -0.266. The highest BCUT2D eigenvalue weighted by atomic mass is 19.1. The molecule has 4 rings (SSSR count). The standard InChI is InChI=1S/C23H17F3N2O2/c24-16-5-1-14(2-6-16)11-22(30)28-13-21(29)27-20-10-9-18(26)12-19(20)23(28)15-3-7-17(25)8-4-15/h1-10,12,23H,11,13H2,(H,27,29)/t23-/m1/s1. The predicted octanol–water partition coefficient (Wildman–Crippen LogP) is 4.22. The Kier molecular flexibility index (Phi) is 5.27. The van der Waals surface area contributed by atoms with Crippen LogP contribution >= 0.6 is 0 Å². The number of rotatable bonds is 3. The lowest BCUT2D eigenvalue weighted by molar-refractivity contribution is -0.135. The van der Waals surface area contributed by atoms with Gasteiger partial charge in [0.15, 0.2) is 0 Å². The van der Waals surface area contributed by atoms with Gasteiger partial charge >= 0.3 is 0 Å². The molecule has 1 aliphatic rings. The maximum Gasteiger partial charge on any atom is 0.244 e. The summed E-state index contributed by atoms with van der Waals surface area (Å²) in [6, 6.07) is 14.1. The second-order valence-electron chi connectivity index (χ2n) is 7.06. The number of amides is 2. The number of nitrogens with zero attached hydrogens (tertiary/aromatic N) is 1. The second-order valence-corrected chi connectivity index (χ2v) is 7.06. The minimum absolute atomic E-state index is 0.0735. The fourth-order valence-corrected chi connectivity index (χ4v) is 3.59. The zero-order valence-electron chi connectivity index (χ0n) is 15.7. The Morgan fingerprint density at radius 1 is 0.900 bits per heavy atom. The summed E-state index contributed by atoms with van der Waals surface area (Å²) in [6.07, 6.45) is -0.0735. The fraction of sp³-hybridized carbons (Fsp3) is 0.130. The van der Waals surface area contributed by atoms with Crippen molar-refractivity contribution in [3.05, 3.63) is 101 Å². The van der Waals surface area contributed by atoms with E-state index in [1.54, 1.807) is 0 Å². The van der Waals surface area contributed by atoms with Gasteiger partial charge in [-0.05, 0) is 53.6 Å². The minimum atomic E-state index is -0.803. The number of nitrogens with one attached hydrogen (secondary N) is 1. The van der Waals surface area contributed by atoms with Crippen LogP contribution < -0.4 is 5.32 Å². The number of benzene rings is 3. The van der Waals surface area contributed by atoms with Gasteiger partial charge in [0, 0.05) is 11.3 Å². The van der Waals surface area contributed by atoms with Crippen molar-refractivity contribution >= 4 is 17.5 Å². The van der Waals surface area contributed by atoms with Crippen molar-refractivity contribution < 1.29 is 22.8 Å². The maximum atomic E-state index is 14.1. The molecule has 0 fully saturated rings. The number of fused-ring (bicyclic) bond motifs is 1. The number of carbonyl (C=O) groups is 2. The van der Waals surface area contributed by atoms with Crippen molar-refractivity contribution in [2.24, 2.45) is 0 Å². The van der Waals surface area contributed by atoms with Crippen LogP contribution in [0.2, 0.25) is 0 Å². The first-order chi connectivity index (χ1) is 14.4. The molecule has 0 aliphatic carbocycles. The largest absolute Gasteiger partial charge is 0.324 e. The number of anilines is 1. The Balaban J connectivity index is 1.79. The molecule has 152 valence electrons. The van der Waals surface area contributed by atoms with E-state index >= 15 is 0 Å². The Morgan fingerprint density at radius 3 is 2.17 bits per heavy atom.